The number of amides is 1. The molecule has 0 aromatic heterocycles. The highest BCUT2D eigenvalue weighted by Gasteiger charge is 2.24. The zero-order chi connectivity index (χ0) is 12.6. The first-order valence-electron chi connectivity index (χ1n) is 6.10. The molecule has 4 heteroatoms. The number of unbranched alkanes of at least 4 members (excludes halogenated alkanes) is 1. The van der Waals surface area contributed by atoms with E-state index in [0.717, 1.165) is 32.3 Å². The van der Waals surface area contributed by atoms with Crippen molar-refractivity contribution in [3.63, 3.8) is 0 Å². The van der Waals surface area contributed by atoms with E-state index < -0.39 is 11.4 Å². The Kier molecular flexibility index (Phi) is 7.34. The summed E-state index contributed by atoms with van der Waals surface area (Å²) in [7, 11) is 0. The number of nitrogens with two attached hydrogens (primary N) is 2. The fraction of sp³-hybridized carbons (Fsp3) is 0.917. The van der Waals surface area contributed by atoms with Gasteiger partial charge in [-0.3, -0.25) is 4.79 Å². The van der Waals surface area contributed by atoms with Gasteiger partial charge in [0.05, 0.1) is 11.6 Å². The van der Waals surface area contributed by atoms with E-state index in [0.29, 0.717) is 12.5 Å². The summed E-state index contributed by atoms with van der Waals surface area (Å²) in [5.74, 6) is -0.437. The van der Waals surface area contributed by atoms with Crippen molar-refractivity contribution < 1.29 is 9.53 Å². The number of rotatable bonds is 9. The lowest BCUT2D eigenvalue weighted by Crippen LogP contribution is -2.49. The van der Waals surface area contributed by atoms with Gasteiger partial charge in [0.1, 0.15) is 0 Å². The molecule has 0 aliphatic heterocycles. The Morgan fingerprint density at radius 3 is 2.56 bits per heavy atom. The third-order valence-electron chi connectivity index (χ3n) is 2.75. The first kappa shape index (κ1) is 15.4. The van der Waals surface area contributed by atoms with Crippen LogP contribution in [0.5, 0.6) is 0 Å². The maximum Gasteiger partial charge on any atom is 0.237 e. The van der Waals surface area contributed by atoms with E-state index in [2.05, 4.69) is 13.8 Å². The average molecular weight is 230 g/mol. The smallest absolute Gasteiger partial charge is 0.237 e. The molecule has 16 heavy (non-hydrogen) atoms. The Bertz CT molecular complexity index is 205. The first-order valence-corrected chi connectivity index (χ1v) is 6.10. The molecule has 0 aliphatic carbocycles. The van der Waals surface area contributed by atoms with E-state index in [1.807, 2.05) is 0 Å². The highest BCUT2D eigenvalue weighted by atomic mass is 16.5. The normalized spacial score (nSPS) is 16.8. The van der Waals surface area contributed by atoms with E-state index in [1.54, 1.807) is 6.92 Å². The van der Waals surface area contributed by atoms with Gasteiger partial charge in [-0.05, 0) is 39.5 Å². The Morgan fingerprint density at radius 2 is 2.06 bits per heavy atom. The summed E-state index contributed by atoms with van der Waals surface area (Å²) in [4.78, 5) is 10.9. The molecule has 0 fully saturated rings. The molecule has 0 saturated heterocycles. The van der Waals surface area contributed by atoms with Gasteiger partial charge in [0.25, 0.3) is 0 Å². The van der Waals surface area contributed by atoms with Gasteiger partial charge in [-0.2, -0.15) is 0 Å². The number of hydrogen-bond acceptors (Lipinski definition) is 3. The number of primary amides is 1. The standard InChI is InChI=1S/C12H26N2O2/c1-4-7-10(2)16-9-6-5-8-12(3,14)11(13)15/h10H,4-9,14H2,1-3H3,(H2,13,15). The Labute approximate surface area is 98.7 Å². The molecule has 0 bridgehead atoms. The molecule has 4 N–H and O–H groups in total. The lowest BCUT2D eigenvalue weighted by atomic mass is 9.96. The van der Waals surface area contributed by atoms with Gasteiger partial charge in [0, 0.05) is 6.61 Å². The summed E-state index contributed by atoms with van der Waals surface area (Å²) in [6, 6.07) is 0. The highest BCUT2D eigenvalue weighted by molar-refractivity contribution is 5.83. The van der Waals surface area contributed by atoms with Crippen molar-refractivity contribution in [2.24, 2.45) is 11.5 Å². The predicted octanol–water partition coefficient (Wildman–Crippen LogP) is 1.56. The van der Waals surface area contributed by atoms with E-state index in [9.17, 15) is 4.79 Å². The van der Waals surface area contributed by atoms with Gasteiger partial charge in [-0.1, -0.05) is 13.3 Å². The van der Waals surface area contributed by atoms with Crippen molar-refractivity contribution in [2.45, 2.75) is 64.5 Å². The van der Waals surface area contributed by atoms with Crippen LogP contribution in [-0.2, 0) is 9.53 Å². The fourth-order valence-electron chi connectivity index (χ4n) is 1.49. The molecular formula is C12H26N2O2. The summed E-state index contributed by atoms with van der Waals surface area (Å²) in [5.41, 5.74) is 10.0. The van der Waals surface area contributed by atoms with Gasteiger partial charge < -0.3 is 16.2 Å². The second kappa shape index (κ2) is 7.63. The number of ether oxygens (including phenoxy) is 1. The van der Waals surface area contributed by atoms with Gasteiger partial charge in [-0.15, -0.1) is 0 Å². The number of hydrogen-bond donors (Lipinski definition) is 2. The molecule has 0 radical (unpaired) electrons. The van der Waals surface area contributed by atoms with Crippen LogP contribution in [0, 0.1) is 0 Å². The SMILES string of the molecule is CCCC(C)OCCCCC(C)(N)C(N)=O. The topological polar surface area (TPSA) is 78.3 Å². The van der Waals surface area contributed by atoms with Crippen LogP contribution in [0.4, 0.5) is 0 Å². The average Bonchev–Trinajstić information content (AvgIpc) is 2.17. The van der Waals surface area contributed by atoms with Crippen molar-refractivity contribution in [1.29, 1.82) is 0 Å². The predicted molar refractivity (Wildman–Crippen MR) is 66.0 cm³/mol. The lowest BCUT2D eigenvalue weighted by molar-refractivity contribution is -0.122. The molecule has 0 saturated carbocycles. The molecule has 0 aromatic rings. The van der Waals surface area contributed by atoms with E-state index in [4.69, 9.17) is 16.2 Å². The molecule has 0 rings (SSSR count). The van der Waals surface area contributed by atoms with Crippen LogP contribution in [0.3, 0.4) is 0 Å². The quantitative estimate of drug-likeness (QED) is 0.590. The molecule has 2 unspecified atom stereocenters. The molecule has 4 nitrogen and oxygen atoms in total. The molecule has 0 spiro atoms. The van der Waals surface area contributed by atoms with Crippen LogP contribution >= 0.6 is 0 Å². The van der Waals surface area contributed by atoms with Gasteiger partial charge in [0.15, 0.2) is 0 Å². The second-order valence-corrected chi connectivity index (χ2v) is 4.71. The van der Waals surface area contributed by atoms with Crippen LogP contribution in [0.15, 0.2) is 0 Å². The summed E-state index contributed by atoms with van der Waals surface area (Å²) >= 11 is 0. The van der Waals surface area contributed by atoms with Crippen LogP contribution in [0.25, 0.3) is 0 Å². The Morgan fingerprint density at radius 1 is 1.44 bits per heavy atom. The van der Waals surface area contributed by atoms with Crippen molar-refractivity contribution >= 4 is 5.91 Å². The van der Waals surface area contributed by atoms with E-state index >= 15 is 0 Å². The van der Waals surface area contributed by atoms with Crippen LogP contribution in [0.2, 0.25) is 0 Å². The lowest BCUT2D eigenvalue weighted by Gasteiger charge is -2.20. The Balaban J connectivity index is 3.50. The first-order chi connectivity index (χ1) is 7.40. The molecule has 0 heterocycles. The highest BCUT2D eigenvalue weighted by Crippen LogP contribution is 2.10. The Hall–Kier alpha value is -0.610. The summed E-state index contributed by atoms with van der Waals surface area (Å²) in [5, 5.41) is 0. The molecule has 96 valence electrons. The monoisotopic (exact) mass is 230 g/mol. The maximum atomic E-state index is 10.9. The summed E-state index contributed by atoms with van der Waals surface area (Å²) in [6.45, 7) is 6.64. The van der Waals surface area contributed by atoms with E-state index in [-0.39, 0.29) is 0 Å². The van der Waals surface area contributed by atoms with Crippen LogP contribution in [0.1, 0.15) is 52.9 Å². The number of carbonyl (C=O) groups is 1. The maximum absolute atomic E-state index is 10.9. The molecule has 0 aromatic carbocycles. The van der Waals surface area contributed by atoms with Crippen LogP contribution < -0.4 is 11.5 Å². The van der Waals surface area contributed by atoms with Gasteiger partial charge in [0.2, 0.25) is 5.91 Å². The van der Waals surface area contributed by atoms with Crippen LogP contribution in [-0.4, -0.2) is 24.2 Å². The second-order valence-electron chi connectivity index (χ2n) is 4.71. The van der Waals surface area contributed by atoms with Crippen molar-refractivity contribution in [3.8, 4) is 0 Å². The number of carbonyl (C=O) groups excluding carboxylic acids is 1. The molecule has 1 amide bonds. The zero-order valence-electron chi connectivity index (χ0n) is 10.8. The molecule has 0 aliphatic rings. The third-order valence-corrected chi connectivity index (χ3v) is 2.75. The molecule has 2 atom stereocenters. The summed E-state index contributed by atoms with van der Waals surface area (Å²) < 4.78 is 5.60. The molecular weight excluding hydrogens is 204 g/mol. The van der Waals surface area contributed by atoms with Crippen molar-refractivity contribution in [2.75, 3.05) is 6.61 Å². The van der Waals surface area contributed by atoms with Crippen molar-refractivity contribution in [3.05, 3.63) is 0 Å². The fourth-order valence-corrected chi connectivity index (χ4v) is 1.49. The minimum absolute atomic E-state index is 0.324. The van der Waals surface area contributed by atoms with Gasteiger partial charge >= 0.3 is 0 Å². The largest absolute Gasteiger partial charge is 0.379 e. The zero-order valence-corrected chi connectivity index (χ0v) is 10.8. The van der Waals surface area contributed by atoms with E-state index in [1.165, 1.54) is 0 Å². The van der Waals surface area contributed by atoms with Gasteiger partial charge in [-0.25, -0.2) is 0 Å². The minimum atomic E-state index is -0.880. The minimum Gasteiger partial charge on any atom is -0.379 e. The summed E-state index contributed by atoms with van der Waals surface area (Å²) in [6.07, 6.45) is 4.97. The third kappa shape index (κ3) is 6.80. The van der Waals surface area contributed by atoms with Crippen molar-refractivity contribution in [1.82, 2.24) is 0 Å².